The summed E-state index contributed by atoms with van der Waals surface area (Å²) >= 11 is 1.72. The van der Waals surface area contributed by atoms with E-state index in [1.54, 1.807) is 17.4 Å². The smallest absolute Gasteiger partial charge is 0.123 e. The first-order chi connectivity index (χ1) is 10.6. The summed E-state index contributed by atoms with van der Waals surface area (Å²) in [7, 11) is 0. The number of nitrogens with two attached hydrogens (primary N) is 1. The minimum Gasteiger partial charge on any atom is -0.304 e. The van der Waals surface area contributed by atoms with Gasteiger partial charge in [0.05, 0.1) is 6.61 Å². The first-order valence-corrected chi connectivity index (χ1v) is 8.07. The van der Waals surface area contributed by atoms with Crippen molar-refractivity contribution >= 4 is 28.6 Å². The molecule has 0 amide bonds. The Bertz CT molecular complexity index is 773. The van der Waals surface area contributed by atoms with Crippen LogP contribution in [0.25, 0.3) is 17.2 Å². The molecule has 0 fully saturated rings. The fraction of sp³-hybridized carbons (Fsp3) is 0.222. The van der Waals surface area contributed by atoms with E-state index in [-0.39, 0.29) is 5.82 Å². The van der Waals surface area contributed by atoms with Gasteiger partial charge in [-0.3, -0.25) is 0 Å². The van der Waals surface area contributed by atoms with Crippen molar-refractivity contribution in [1.82, 2.24) is 0 Å². The molecule has 1 aliphatic carbocycles. The van der Waals surface area contributed by atoms with Crippen LogP contribution in [0.1, 0.15) is 34.9 Å². The SMILES string of the molecule is CC1=C(CCON)c2cc(F)ccc2C1=Cc1cc(C)cs1. The highest BCUT2D eigenvalue weighted by Gasteiger charge is 2.24. The summed E-state index contributed by atoms with van der Waals surface area (Å²) in [6.45, 7) is 4.59. The van der Waals surface area contributed by atoms with Crippen molar-refractivity contribution in [2.45, 2.75) is 20.3 Å². The molecule has 22 heavy (non-hydrogen) atoms. The molecule has 0 aliphatic heterocycles. The van der Waals surface area contributed by atoms with Crippen LogP contribution < -0.4 is 5.90 Å². The highest BCUT2D eigenvalue weighted by molar-refractivity contribution is 7.11. The van der Waals surface area contributed by atoms with Gasteiger partial charge in [-0.05, 0) is 83.3 Å². The molecule has 0 unspecified atom stereocenters. The van der Waals surface area contributed by atoms with Gasteiger partial charge in [0.15, 0.2) is 0 Å². The van der Waals surface area contributed by atoms with Crippen LogP contribution in [0.3, 0.4) is 0 Å². The number of halogens is 1. The topological polar surface area (TPSA) is 35.2 Å². The maximum atomic E-state index is 13.6. The number of rotatable bonds is 4. The van der Waals surface area contributed by atoms with Gasteiger partial charge in [0.2, 0.25) is 0 Å². The molecule has 3 rings (SSSR count). The van der Waals surface area contributed by atoms with Crippen molar-refractivity contribution in [3.8, 4) is 0 Å². The third-order valence-corrected chi connectivity index (χ3v) is 4.96. The van der Waals surface area contributed by atoms with Crippen molar-refractivity contribution in [3.05, 3.63) is 62.6 Å². The van der Waals surface area contributed by atoms with Crippen LogP contribution in [0.15, 0.2) is 35.2 Å². The molecule has 0 saturated heterocycles. The molecule has 0 saturated carbocycles. The summed E-state index contributed by atoms with van der Waals surface area (Å²) in [4.78, 5) is 5.92. The third-order valence-electron chi connectivity index (χ3n) is 3.96. The van der Waals surface area contributed by atoms with Gasteiger partial charge in [-0.1, -0.05) is 6.07 Å². The molecule has 1 heterocycles. The Labute approximate surface area is 133 Å². The predicted molar refractivity (Wildman–Crippen MR) is 90.7 cm³/mol. The monoisotopic (exact) mass is 315 g/mol. The summed E-state index contributed by atoms with van der Waals surface area (Å²) in [6, 6.07) is 7.14. The Morgan fingerprint density at radius 2 is 2.05 bits per heavy atom. The maximum Gasteiger partial charge on any atom is 0.123 e. The summed E-state index contributed by atoms with van der Waals surface area (Å²) in [5.41, 5.74) is 6.73. The van der Waals surface area contributed by atoms with Gasteiger partial charge in [0, 0.05) is 4.88 Å². The van der Waals surface area contributed by atoms with Crippen molar-refractivity contribution in [2.75, 3.05) is 6.61 Å². The molecular weight excluding hydrogens is 297 g/mol. The third kappa shape index (κ3) is 2.77. The highest BCUT2D eigenvalue weighted by atomic mass is 32.1. The zero-order chi connectivity index (χ0) is 15.7. The summed E-state index contributed by atoms with van der Waals surface area (Å²) in [6.07, 6.45) is 2.86. The molecule has 1 aliphatic rings. The van der Waals surface area contributed by atoms with Crippen molar-refractivity contribution in [1.29, 1.82) is 0 Å². The van der Waals surface area contributed by atoms with Gasteiger partial charge in [-0.25, -0.2) is 10.3 Å². The van der Waals surface area contributed by atoms with Gasteiger partial charge in [-0.15, -0.1) is 11.3 Å². The Kier molecular flexibility index (Phi) is 4.25. The molecule has 114 valence electrons. The van der Waals surface area contributed by atoms with Crippen molar-refractivity contribution in [2.24, 2.45) is 5.90 Å². The number of allylic oxidation sites excluding steroid dienone is 2. The number of hydrogen-bond acceptors (Lipinski definition) is 3. The van der Waals surface area contributed by atoms with Gasteiger partial charge < -0.3 is 4.84 Å². The van der Waals surface area contributed by atoms with E-state index in [4.69, 9.17) is 10.7 Å². The zero-order valence-corrected chi connectivity index (χ0v) is 13.5. The lowest BCUT2D eigenvalue weighted by atomic mass is 10.0. The van der Waals surface area contributed by atoms with E-state index < -0.39 is 0 Å². The zero-order valence-electron chi connectivity index (χ0n) is 12.7. The summed E-state index contributed by atoms with van der Waals surface area (Å²) in [5.74, 6) is 4.94. The number of hydrogen-bond donors (Lipinski definition) is 1. The van der Waals surface area contributed by atoms with E-state index in [2.05, 4.69) is 31.4 Å². The van der Waals surface area contributed by atoms with E-state index in [9.17, 15) is 4.39 Å². The second-order valence-corrected chi connectivity index (χ2v) is 6.44. The van der Waals surface area contributed by atoms with Gasteiger partial charge >= 0.3 is 0 Å². The molecule has 1 aromatic heterocycles. The van der Waals surface area contributed by atoms with Crippen LogP contribution in [0, 0.1) is 12.7 Å². The van der Waals surface area contributed by atoms with Gasteiger partial charge in [-0.2, -0.15) is 0 Å². The molecule has 2 aromatic rings. The van der Waals surface area contributed by atoms with E-state index in [1.165, 1.54) is 22.1 Å². The quantitative estimate of drug-likeness (QED) is 0.822. The Morgan fingerprint density at radius 1 is 1.23 bits per heavy atom. The van der Waals surface area contributed by atoms with Gasteiger partial charge in [0.25, 0.3) is 0 Å². The normalized spacial score (nSPS) is 15.7. The number of fused-ring (bicyclic) bond motifs is 1. The highest BCUT2D eigenvalue weighted by Crippen LogP contribution is 2.44. The second kappa shape index (κ2) is 6.16. The molecule has 4 heteroatoms. The minimum atomic E-state index is -0.217. The van der Waals surface area contributed by atoms with Crippen LogP contribution in [-0.4, -0.2) is 6.61 Å². The van der Waals surface area contributed by atoms with Crippen LogP contribution in [0.2, 0.25) is 0 Å². The molecule has 1 aromatic carbocycles. The largest absolute Gasteiger partial charge is 0.304 e. The molecule has 0 radical (unpaired) electrons. The molecule has 2 N–H and O–H groups in total. The lowest BCUT2D eigenvalue weighted by Gasteiger charge is -2.05. The molecule has 0 atom stereocenters. The van der Waals surface area contributed by atoms with Crippen LogP contribution in [0.5, 0.6) is 0 Å². The number of thiophene rings is 1. The molecule has 0 spiro atoms. The average Bonchev–Trinajstić information content (AvgIpc) is 3.00. The van der Waals surface area contributed by atoms with E-state index >= 15 is 0 Å². The minimum absolute atomic E-state index is 0.217. The predicted octanol–water partition coefficient (Wildman–Crippen LogP) is 4.80. The lowest BCUT2D eigenvalue weighted by molar-refractivity contribution is 0.144. The maximum absolute atomic E-state index is 13.6. The fourth-order valence-electron chi connectivity index (χ4n) is 2.91. The average molecular weight is 315 g/mol. The van der Waals surface area contributed by atoms with Crippen molar-refractivity contribution in [3.63, 3.8) is 0 Å². The standard InChI is InChI=1S/C18H18FNOS/c1-11-7-14(22-10-11)9-17-12(2)15(5-6-21-20)18-8-13(19)3-4-16(17)18/h3-4,7-10H,5-6,20H2,1-2H3. The van der Waals surface area contributed by atoms with Crippen LogP contribution in [-0.2, 0) is 4.84 Å². The first kappa shape index (κ1) is 15.2. The Hall–Kier alpha value is -1.75. The summed E-state index contributed by atoms with van der Waals surface area (Å²) < 4.78 is 13.6. The van der Waals surface area contributed by atoms with Crippen LogP contribution in [0.4, 0.5) is 4.39 Å². The number of benzene rings is 1. The molecular formula is C18H18FNOS. The van der Waals surface area contributed by atoms with Gasteiger partial charge in [0.1, 0.15) is 5.82 Å². The van der Waals surface area contributed by atoms with E-state index in [0.29, 0.717) is 13.0 Å². The second-order valence-electron chi connectivity index (χ2n) is 5.50. The molecule has 0 bridgehead atoms. The Morgan fingerprint density at radius 3 is 2.73 bits per heavy atom. The fourth-order valence-corrected chi connectivity index (χ4v) is 3.74. The first-order valence-electron chi connectivity index (χ1n) is 7.19. The van der Waals surface area contributed by atoms with E-state index in [0.717, 1.165) is 22.3 Å². The number of aryl methyl sites for hydroxylation is 1. The Balaban J connectivity index is 2.10. The van der Waals surface area contributed by atoms with Crippen molar-refractivity contribution < 1.29 is 9.23 Å². The van der Waals surface area contributed by atoms with E-state index in [1.807, 2.05) is 6.07 Å². The van der Waals surface area contributed by atoms with Crippen LogP contribution >= 0.6 is 11.3 Å². The lowest BCUT2D eigenvalue weighted by Crippen LogP contribution is -2.01. The molecule has 2 nitrogen and oxygen atoms in total. The summed E-state index contributed by atoms with van der Waals surface area (Å²) in [5, 5.41) is 2.13.